The summed E-state index contributed by atoms with van der Waals surface area (Å²) in [6.45, 7) is 4.86. The molecule has 0 saturated carbocycles. The number of rotatable bonds is 8. The van der Waals surface area contributed by atoms with Crippen molar-refractivity contribution in [2.75, 3.05) is 19.6 Å². The Morgan fingerprint density at radius 2 is 1.92 bits per heavy atom. The quantitative estimate of drug-likeness (QED) is 0.786. The Labute approximate surface area is 150 Å². The lowest BCUT2D eigenvalue weighted by Crippen LogP contribution is -2.38. The number of benzene rings is 1. The zero-order valence-corrected chi connectivity index (χ0v) is 15.0. The Hall–Kier alpha value is -2.07. The third-order valence-electron chi connectivity index (χ3n) is 5.02. The molecule has 0 bridgehead atoms. The summed E-state index contributed by atoms with van der Waals surface area (Å²) in [7, 11) is 0. The fourth-order valence-electron chi connectivity index (χ4n) is 3.69. The van der Waals surface area contributed by atoms with Crippen LogP contribution in [0, 0.1) is 0 Å². The maximum absolute atomic E-state index is 12.9. The normalized spacial score (nSPS) is 17.3. The second-order valence-electron chi connectivity index (χ2n) is 6.77. The Morgan fingerprint density at radius 1 is 1.16 bits per heavy atom. The number of likely N-dealkylation sites (tertiary alicyclic amines) is 1. The molecule has 1 fully saturated rings. The molecule has 3 rings (SSSR count). The van der Waals surface area contributed by atoms with E-state index in [1.807, 2.05) is 42.5 Å². The topological polar surface area (TPSA) is 45.5 Å². The van der Waals surface area contributed by atoms with Gasteiger partial charge in [0.1, 0.15) is 5.76 Å². The fourth-order valence-corrected chi connectivity index (χ4v) is 3.69. The smallest absolute Gasteiger partial charge is 0.227 e. The first kappa shape index (κ1) is 17.7. The summed E-state index contributed by atoms with van der Waals surface area (Å²) in [6.07, 6.45) is 6.00. The van der Waals surface area contributed by atoms with E-state index in [1.165, 1.54) is 12.8 Å². The minimum absolute atomic E-state index is 0.0815. The van der Waals surface area contributed by atoms with Gasteiger partial charge in [0.2, 0.25) is 5.91 Å². The molecule has 1 amide bonds. The molecule has 0 radical (unpaired) electrons. The third-order valence-corrected chi connectivity index (χ3v) is 5.02. The van der Waals surface area contributed by atoms with Crippen LogP contribution in [0.15, 0.2) is 53.1 Å². The van der Waals surface area contributed by atoms with E-state index in [9.17, 15) is 4.79 Å². The zero-order chi connectivity index (χ0) is 17.5. The van der Waals surface area contributed by atoms with Gasteiger partial charge in [-0.2, -0.15) is 0 Å². The summed E-state index contributed by atoms with van der Waals surface area (Å²) >= 11 is 0. The number of carbonyl (C=O) groups excluding carboxylic acids is 1. The first-order valence-electron chi connectivity index (χ1n) is 9.39. The molecule has 1 aliphatic heterocycles. The maximum Gasteiger partial charge on any atom is 0.227 e. The van der Waals surface area contributed by atoms with E-state index in [4.69, 9.17) is 4.42 Å². The van der Waals surface area contributed by atoms with Crippen LogP contribution in [0.5, 0.6) is 0 Å². The van der Waals surface area contributed by atoms with Gasteiger partial charge in [-0.05, 0) is 50.0 Å². The molecule has 1 aromatic carbocycles. The van der Waals surface area contributed by atoms with Crippen LogP contribution >= 0.6 is 0 Å². The van der Waals surface area contributed by atoms with Crippen molar-refractivity contribution in [3.05, 3.63) is 60.1 Å². The summed E-state index contributed by atoms with van der Waals surface area (Å²) < 4.78 is 5.64. The van der Waals surface area contributed by atoms with Gasteiger partial charge in [-0.25, -0.2) is 0 Å². The highest BCUT2D eigenvalue weighted by molar-refractivity contribution is 5.83. The van der Waals surface area contributed by atoms with E-state index in [0.29, 0.717) is 6.54 Å². The van der Waals surface area contributed by atoms with Crippen molar-refractivity contribution in [1.82, 2.24) is 10.2 Å². The Kier molecular flexibility index (Phi) is 6.29. The van der Waals surface area contributed by atoms with Crippen molar-refractivity contribution in [1.29, 1.82) is 0 Å². The number of amides is 1. The average Bonchev–Trinajstić information content (AvgIpc) is 3.35. The van der Waals surface area contributed by atoms with Gasteiger partial charge in [0.25, 0.3) is 0 Å². The van der Waals surface area contributed by atoms with Crippen LogP contribution in [0.2, 0.25) is 0 Å². The second kappa shape index (κ2) is 8.86. The third kappa shape index (κ3) is 4.51. The van der Waals surface area contributed by atoms with E-state index >= 15 is 0 Å². The van der Waals surface area contributed by atoms with E-state index < -0.39 is 0 Å². The fraction of sp³-hybridized carbons (Fsp3) is 0.476. The first-order chi connectivity index (χ1) is 12.3. The van der Waals surface area contributed by atoms with Crippen LogP contribution in [0.4, 0.5) is 0 Å². The predicted octanol–water partition coefficient (Wildman–Crippen LogP) is 4.12. The molecular formula is C21H28N2O2. The monoisotopic (exact) mass is 340 g/mol. The number of nitrogens with one attached hydrogen (secondary N) is 1. The summed E-state index contributed by atoms with van der Waals surface area (Å²) in [5.74, 6) is 0.972. The minimum atomic E-state index is -0.0815. The molecule has 134 valence electrons. The van der Waals surface area contributed by atoms with Crippen LogP contribution in [0.3, 0.4) is 0 Å². The maximum atomic E-state index is 12.9. The van der Waals surface area contributed by atoms with Gasteiger partial charge in [-0.3, -0.25) is 9.69 Å². The highest BCUT2D eigenvalue weighted by Gasteiger charge is 2.27. The van der Waals surface area contributed by atoms with Crippen molar-refractivity contribution < 1.29 is 9.21 Å². The largest absolute Gasteiger partial charge is 0.468 e. The van der Waals surface area contributed by atoms with Crippen LogP contribution in [-0.2, 0) is 4.79 Å². The molecule has 2 heterocycles. The molecule has 4 nitrogen and oxygen atoms in total. The number of carbonyl (C=O) groups is 1. The van der Waals surface area contributed by atoms with Crippen LogP contribution in [-0.4, -0.2) is 30.4 Å². The van der Waals surface area contributed by atoms with Crippen molar-refractivity contribution in [3.63, 3.8) is 0 Å². The van der Waals surface area contributed by atoms with Crippen LogP contribution < -0.4 is 5.32 Å². The van der Waals surface area contributed by atoms with Crippen LogP contribution in [0.25, 0.3) is 0 Å². The lowest BCUT2D eigenvalue weighted by Gasteiger charge is -2.27. The Balaban J connectivity index is 1.67. The molecule has 1 saturated heterocycles. The summed E-state index contributed by atoms with van der Waals surface area (Å²) in [4.78, 5) is 15.3. The van der Waals surface area contributed by atoms with Gasteiger partial charge >= 0.3 is 0 Å². The predicted molar refractivity (Wildman–Crippen MR) is 99.4 cm³/mol. The van der Waals surface area contributed by atoms with Gasteiger partial charge in [-0.15, -0.1) is 0 Å². The van der Waals surface area contributed by atoms with E-state index in [1.54, 1.807) is 6.26 Å². The molecule has 2 unspecified atom stereocenters. The molecule has 1 aliphatic rings. The molecule has 4 heteroatoms. The Bertz CT molecular complexity index is 633. The summed E-state index contributed by atoms with van der Waals surface area (Å²) in [5.41, 5.74) is 1.09. The highest BCUT2D eigenvalue weighted by Crippen LogP contribution is 2.26. The molecule has 1 aromatic heterocycles. The van der Waals surface area contributed by atoms with Crippen molar-refractivity contribution >= 4 is 5.91 Å². The van der Waals surface area contributed by atoms with E-state index in [2.05, 4.69) is 17.1 Å². The SMILES string of the molecule is CCCC(C(=O)NCC(c1ccco1)N1CCCC1)c1ccccc1. The number of furan rings is 1. The number of nitrogens with zero attached hydrogens (tertiary/aromatic N) is 1. The second-order valence-corrected chi connectivity index (χ2v) is 6.77. The summed E-state index contributed by atoms with van der Waals surface area (Å²) in [6, 6.07) is 14.1. The molecular weight excluding hydrogens is 312 g/mol. The first-order valence-corrected chi connectivity index (χ1v) is 9.39. The minimum Gasteiger partial charge on any atom is -0.468 e. The number of hydrogen-bond donors (Lipinski definition) is 1. The van der Waals surface area contributed by atoms with Crippen molar-refractivity contribution in [2.45, 2.75) is 44.6 Å². The van der Waals surface area contributed by atoms with Crippen LogP contribution in [0.1, 0.15) is 55.9 Å². The zero-order valence-electron chi connectivity index (χ0n) is 15.0. The standard InChI is InChI=1S/C21H28N2O2/c1-2-9-18(17-10-4-3-5-11-17)21(24)22-16-19(20-12-8-15-25-20)23-13-6-7-14-23/h3-5,8,10-12,15,18-19H,2,6-7,9,13-14,16H2,1H3,(H,22,24). The Morgan fingerprint density at radius 3 is 2.56 bits per heavy atom. The molecule has 1 N–H and O–H groups in total. The van der Waals surface area contributed by atoms with Gasteiger partial charge in [0.15, 0.2) is 0 Å². The van der Waals surface area contributed by atoms with E-state index in [0.717, 1.165) is 37.3 Å². The number of hydrogen-bond acceptors (Lipinski definition) is 3. The van der Waals surface area contributed by atoms with Gasteiger partial charge < -0.3 is 9.73 Å². The van der Waals surface area contributed by atoms with Gasteiger partial charge in [-0.1, -0.05) is 43.7 Å². The molecule has 25 heavy (non-hydrogen) atoms. The van der Waals surface area contributed by atoms with Crippen molar-refractivity contribution in [3.8, 4) is 0 Å². The van der Waals surface area contributed by atoms with Crippen molar-refractivity contribution in [2.24, 2.45) is 0 Å². The highest BCUT2D eigenvalue weighted by atomic mass is 16.3. The lowest BCUT2D eigenvalue weighted by molar-refractivity contribution is -0.123. The molecule has 0 spiro atoms. The van der Waals surface area contributed by atoms with Gasteiger partial charge in [0, 0.05) is 6.54 Å². The summed E-state index contributed by atoms with van der Waals surface area (Å²) in [5, 5.41) is 3.19. The lowest BCUT2D eigenvalue weighted by atomic mass is 9.93. The average molecular weight is 340 g/mol. The van der Waals surface area contributed by atoms with E-state index in [-0.39, 0.29) is 17.9 Å². The molecule has 0 aliphatic carbocycles. The molecule has 2 atom stereocenters. The molecule has 2 aromatic rings. The van der Waals surface area contributed by atoms with Gasteiger partial charge in [0.05, 0.1) is 18.2 Å².